The number of hydrogen-bond donors (Lipinski definition) is 1. The first-order chi connectivity index (χ1) is 25.3. The summed E-state index contributed by atoms with van der Waals surface area (Å²) in [5.74, 6) is 0.968. The van der Waals surface area contributed by atoms with Gasteiger partial charge in [0.15, 0.2) is 0 Å². The number of nitrogens with one attached hydrogen (secondary N) is 1. The molecule has 2 fully saturated rings. The van der Waals surface area contributed by atoms with Crippen LogP contribution in [0.25, 0.3) is 10.8 Å². The Hall–Kier alpha value is -5.18. The molecule has 3 aliphatic rings. The predicted octanol–water partition coefficient (Wildman–Crippen LogP) is 6.47. The largest absolute Gasteiger partial charge is 0.467 e. The first-order valence-corrected chi connectivity index (χ1v) is 17.9. The number of ether oxygens (including phenoxy) is 1. The fourth-order valence-electron chi connectivity index (χ4n) is 6.47. The number of allylic oxidation sites excluding steroid dienone is 1. The molecule has 1 N–H and O–H groups in total. The van der Waals surface area contributed by atoms with Gasteiger partial charge in [0.25, 0.3) is 5.91 Å². The number of fused-ring (bicyclic) bond motifs is 2. The van der Waals surface area contributed by atoms with Gasteiger partial charge in [0.2, 0.25) is 0 Å². The third kappa shape index (κ3) is 10.2. The van der Waals surface area contributed by atoms with Crippen LogP contribution >= 0.6 is 11.6 Å². The van der Waals surface area contributed by atoms with Crippen LogP contribution < -0.4 is 19.9 Å². The highest BCUT2D eigenvalue weighted by Gasteiger charge is 2.29. The fourth-order valence-corrected chi connectivity index (χ4v) is 6.75. The number of hydrogen-bond acceptors (Lipinski definition) is 10. The maximum Gasteiger partial charge on any atom is 0.318 e. The number of aromatic nitrogens is 2. The van der Waals surface area contributed by atoms with Crippen molar-refractivity contribution in [1.82, 2.24) is 19.8 Å². The average molecular weight is 725 g/mol. The third-order valence-corrected chi connectivity index (χ3v) is 9.38. The van der Waals surface area contributed by atoms with E-state index in [0.29, 0.717) is 50.6 Å². The molecule has 1 aromatic heterocycles. The Morgan fingerprint density at radius 1 is 0.981 bits per heavy atom. The molecule has 52 heavy (non-hydrogen) atoms. The third-order valence-electron chi connectivity index (χ3n) is 9.07. The summed E-state index contributed by atoms with van der Waals surface area (Å²) in [4.78, 5) is 40.6. The molecule has 0 atom stereocenters. The molecular formula is C40H49ClN8O3. The molecule has 7 rings (SSSR count). The van der Waals surface area contributed by atoms with Crippen LogP contribution in [0, 0.1) is 11.3 Å². The monoisotopic (exact) mass is 724 g/mol. The van der Waals surface area contributed by atoms with E-state index in [2.05, 4.69) is 57.9 Å². The summed E-state index contributed by atoms with van der Waals surface area (Å²) in [5.41, 5.74) is 4.86. The number of likely N-dealkylation sites (tertiary alicyclic amines) is 1. The number of nitrogens with zero attached hydrogens (tertiary/aromatic N) is 7. The Bertz CT molecular complexity index is 1840. The predicted molar refractivity (Wildman–Crippen MR) is 211 cm³/mol. The van der Waals surface area contributed by atoms with Crippen LogP contribution in [-0.2, 0) is 17.8 Å². The van der Waals surface area contributed by atoms with E-state index in [4.69, 9.17) is 36.4 Å². The van der Waals surface area contributed by atoms with Gasteiger partial charge in [-0.15, -0.1) is 0 Å². The SMILES string of the molecule is C=CC=O.CC#N.CN1CCCC1.CNc1cccc(C(=O)N2CCN(c3nc(OC)nc4c3CCN(c3cccc5cccc(Cl)c35)C4)CC2)c1. The summed E-state index contributed by atoms with van der Waals surface area (Å²) in [6.07, 6.45) is 5.47. The Morgan fingerprint density at radius 3 is 2.23 bits per heavy atom. The van der Waals surface area contributed by atoms with E-state index in [1.54, 1.807) is 13.2 Å². The van der Waals surface area contributed by atoms with Crippen molar-refractivity contribution in [3.8, 4) is 12.1 Å². The number of methoxy groups -OCH3 is 1. The van der Waals surface area contributed by atoms with Gasteiger partial charge in [-0.25, -0.2) is 0 Å². The molecule has 0 bridgehead atoms. The molecule has 2 saturated heterocycles. The fraction of sp³-hybridized carbons (Fsp3) is 0.375. The quantitative estimate of drug-likeness (QED) is 0.175. The Kier molecular flexibility index (Phi) is 15.2. The van der Waals surface area contributed by atoms with E-state index < -0.39 is 0 Å². The standard InChI is InChI=1S/C30H31ClN6O2.C5H11N.C3H4O.C2H3N/c1-32-22-9-3-8-21(18-22)29(38)36-16-14-35(15-17-36)28-23-12-13-37(19-25(23)33-30(34-28)39-2)26-11-5-7-20-6-4-10-24(31)27(20)26;1-6-4-2-3-5-6;1-2-3-4;1-2-3/h3-11,18,32H,12-17,19H2,1-2H3;2-5H2,1H3;2-3H,1H2;1H3. The van der Waals surface area contributed by atoms with Crippen LogP contribution in [0.4, 0.5) is 17.2 Å². The van der Waals surface area contributed by atoms with Gasteiger partial charge in [-0.05, 0) is 81.2 Å². The topological polar surface area (TPSA) is 118 Å². The zero-order valence-corrected chi connectivity index (χ0v) is 31.4. The first-order valence-electron chi connectivity index (χ1n) is 17.5. The van der Waals surface area contributed by atoms with Crippen LogP contribution in [0.15, 0.2) is 73.3 Å². The molecule has 11 nitrogen and oxygen atoms in total. The lowest BCUT2D eigenvalue weighted by molar-refractivity contribution is -0.104. The second kappa shape index (κ2) is 20.0. The molecule has 0 saturated carbocycles. The van der Waals surface area contributed by atoms with Gasteiger partial charge < -0.3 is 29.7 Å². The van der Waals surface area contributed by atoms with Crippen molar-refractivity contribution in [2.75, 3.05) is 82.1 Å². The van der Waals surface area contributed by atoms with Crippen molar-refractivity contribution >= 4 is 51.8 Å². The van der Waals surface area contributed by atoms with Crippen molar-refractivity contribution in [2.45, 2.75) is 32.7 Å². The van der Waals surface area contributed by atoms with Gasteiger partial charge in [0.05, 0.1) is 30.4 Å². The lowest BCUT2D eigenvalue weighted by Crippen LogP contribution is -2.49. The molecule has 12 heteroatoms. The molecule has 1 amide bonds. The minimum absolute atomic E-state index is 0.0541. The van der Waals surface area contributed by atoms with E-state index in [-0.39, 0.29) is 5.91 Å². The normalized spacial score (nSPS) is 15.0. The number of piperazine rings is 1. The minimum atomic E-state index is 0.0541. The molecule has 274 valence electrons. The molecule has 3 aromatic carbocycles. The second-order valence-electron chi connectivity index (χ2n) is 12.5. The summed E-state index contributed by atoms with van der Waals surface area (Å²) >= 11 is 6.63. The lowest BCUT2D eigenvalue weighted by atomic mass is 10.0. The molecule has 0 radical (unpaired) electrons. The highest BCUT2D eigenvalue weighted by atomic mass is 35.5. The van der Waals surface area contributed by atoms with Crippen molar-refractivity contribution in [2.24, 2.45) is 0 Å². The molecule has 0 unspecified atom stereocenters. The highest BCUT2D eigenvalue weighted by molar-refractivity contribution is 6.36. The average Bonchev–Trinajstić information content (AvgIpc) is 3.68. The molecule has 4 aromatic rings. The highest BCUT2D eigenvalue weighted by Crippen LogP contribution is 2.37. The van der Waals surface area contributed by atoms with E-state index in [0.717, 1.165) is 57.2 Å². The smallest absolute Gasteiger partial charge is 0.318 e. The summed E-state index contributed by atoms with van der Waals surface area (Å²) in [6, 6.07) is 22.1. The zero-order chi connectivity index (χ0) is 37.5. The van der Waals surface area contributed by atoms with Gasteiger partial charge in [-0.1, -0.05) is 48.5 Å². The molecule has 0 aliphatic carbocycles. The van der Waals surface area contributed by atoms with E-state index in [1.807, 2.05) is 48.3 Å². The first kappa shape index (κ1) is 39.6. The van der Waals surface area contributed by atoms with E-state index in [9.17, 15) is 4.79 Å². The van der Waals surface area contributed by atoms with Crippen molar-refractivity contribution in [3.05, 3.63) is 95.2 Å². The van der Waals surface area contributed by atoms with Gasteiger partial charge in [-0.3, -0.25) is 9.59 Å². The second-order valence-corrected chi connectivity index (χ2v) is 12.9. The molecular weight excluding hydrogens is 676 g/mol. The van der Waals surface area contributed by atoms with Crippen LogP contribution in [0.1, 0.15) is 41.4 Å². The van der Waals surface area contributed by atoms with Gasteiger partial charge >= 0.3 is 6.01 Å². The summed E-state index contributed by atoms with van der Waals surface area (Å²) in [7, 11) is 5.63. The number of carbonyl (C=O) groups excluding carboxylic acids is 2. The number of halogens is 1. The number of aldehydes is 1. The minimum Gasteiger partial charge on any atom is -0.467 e. The number of anilines is 3. The van der Waals surface area contributed by atoms with E-state index >= 15 is 0 Å². The molecule has 3 aliphatic heterocycles. The summed E-state index contributed by atoms with van der Waals surface area (Å²) in [6.45, 7) is 11.3. The van der Waals surface area contributed by atoms with Crippen LogP contribution in [0.3, 0.4) is 0 Å². The van der Waals surface area contributed by atoms with Crippen molar-refractivity contribution in [1.29, 1.82) is 5.26 Å². The van der Waals surface area contributed by atoms with Crippen LogP contribution in [0.5, 0.6) is 6.01 Å². The van der Waals surface area contributed by atoms with Crippen molar-refractivity contribution in [3.63, 3.8) is 0 Å². The number of amides is 1. The number of carbonyl (C=O) groups is 2. The van der Waals surface area contributed by atoms with Crippen LogP contribution in [0.2, 0.25) is 5.02 Å². The van der Waals surface area contributed by atoms with Crippen LogP contribution in [-0.4, -0.2) is 99.0 Å². The molecule has 4 heterocycles. The Morgan fingerprint density at radius 2 is 1.63 bits per heavy atom. The van der Waals surface area contributed by atoms with Gasteiger partial charge in [0.1, 0.15) is 12.1 Å². The van der Waals surface area contributed by atoms with Crippen molar-refractivity contribution < 1.29 is 14.3 Å². The Labute approximate surface area is 312 Å². The zero-order valence-electron chi connectivity index (χ0n) is 30.6. The number of benzene rings is 3. The lowest BCUT2D eigenvalue weighted by Gasteiger charge is -2.38. The number of rotatable bonds is 6. The molecule has 0 spiro atoms. The van der Waals surface area contributed by atoms with Gasteiger partial charge in [-0.2, -0.15) is 15.2 Å². The maximum atomic E-state index is 13.2. The summed E-state index contributed by atoms with van der Waals surface area (Å²) in [5, 5.41) is 13.4. The Balaban J connectivity index is 0.000000398. The number of nitriles is 1. The summed E-state index contributed by atoms with van der Waals surface area (Å²) < 4.78 is 5.52. The maximum absolute atomic E-state index is 13.2. The van der Waals surface area contributed by atoms with E-state index in [1.165, 1.54) is 38.9 Å². The van der Waals surface area contributed by atoms with Gasteiger partial charge in [0, 0.05) is 74.6 Å².